The highest BCUT2D eigenvalue weighted by molar-refractivity contribution is 7.12. The van der Waals surface area contributed by atoms with E-state index in [0.717, 1.165) is 11.1 Å². The number of nitrogens with zero attached hydrogens (tertiary/aromatic N) is 2. The van der Waals surface area contributed by atoms with Crippen molar-refractivity contribution in [3.05, 3.63) is 122 Å². The minimum atomic E-state index is -0.961. The predicted molar refractivity (Wildman–Crippen MR) is 171 cm³/mol. The van der Waals surface area contributed by atoms with Gasteiger partial charge in [0.1, 0.15) is 6.04 Å². The fourth-order valence-corrected chi connectivity index (χ4v) is 7.18. The number of para-hydroxylation sites is 1. The summed E-state index contributed by atoms with van der Waals surface area (Å²) < 4.78 is 0. The van der Waals surface area contributed by atoms with Crippen LogP contribution in [0.5, 0.6) is 0 Å². The van der Waals surface area contributed by atoms with Crippen LogP contribution in [0, 0.1) is 5.92 Å². The van der Waals surface area contributed by atoms with Gasteiger partial charge >= 0.3 is 6.03 Å². The molecule has 0 radical (unpaired) electrons. The molecule has 6 rings (SSSR count). The summed E-state index contributed by atoms with van der Waals surface area (Å²) in [5.74, 6) is -1.72. The van der Waals surface area contributed by atoms with Crippen LogP contribution in [-0.4, -0.2) is 59.7 Å². The van der Waals surface area contributed by atoms with Gasteiger partial charge < -0.3 is 20.4 Å². The molecule has 220 valence electrons. The van der Waals surface area contributed by atoms with E-state index in [0.29, 0.717) is 46.8 Å². The molecule has 2 aliphatic heterocycles. The average molecular weight is 634 g/mol. The number of likely N-dealkylation sites (tertiary alicyclic amines) is 1. The van der Waals surface area contributed by atoms with Crippen LogP contribution in [0.1, 0.15) is 32.8 Å². The lowest BCUT2D eigenvalue weighted by Crippen LogP contribution is -2.55. The van der Waals surface area contributed by atoms with Gasteiger partial charge in [0.15, 0.2) is 5.78 Å². The number of carbonyl (C=O) groups is 3. The van der Waals surface area contributed by atoms with Crippen molar-refractivity contribution >= 4 is 57.9 Å². The molecular formula is C33H30Cl2N4O3S. The summed E-state index contributed by atoms with van der Waals surface area (Å²) in [7, 11) is 0. The highest BCUT2D eigenvalue weighted by atomic mass is 35.5. The molecule has 4 aromatic rings. The molecule has 0 aliphatic carbocycles. The van der Waals surface area contributed by atoms with E-state index in [2.05, 4.69) is 10.6 Å². The predicted octanol–water partition coefficient (Wildman–Crippen LogP) is 6.73. The van der Waals surface area contributed by atoms with E-state index >= 15 is 0 Å². The van der Waals surface area contributed by atoms with Crippen molar-refractivity contribution < 1.29 is 14.4 Å². The summed E-state index contributed by atoms with van der Waals surface area (Å²) in [4.78, 5) is 47.6. The molecule has 2 fully saturated rings. The van der Waals surface area contributed by atoms with Crippen LogP contribution in [0.3, 0.4) is 0 Å². The van der Waals surface area contributed by atoms with E-state index in [4.69, 9.17) is 23.2 Å². The number of ketones is 1. The normalized spacial score (nSPS) is 21.9. The van der Waals surface area contributed by atoms with E-state index in [9.17, 15) is 14.4 Å². The molecule has 0 spiro atoms. The van der Waals surface area contributed by atoms with Gasteiger partial charge in [-0.25, -0.2) is 4.79 Å². The summed E-state index contributed by atoms with van der Waals surface area (Å²) in [6, 6.07) is 25.0. The number of nitrogens with one attached hydrogen (secondary N) is 2. The van der Waals surface area contributed by atoms with Crippen molar-refractivity contribution in [2.24, 2.45) is 5.92 Å². The van der Waals surface area contributed by atoms with E-state index in [1.54, 1.807) is 52.3 Å². The summed E-state index contributed by atoms with van der Waals surface area (Å²) in [6.45, 7) is 2.31. The smallest absolute Gasteiger partial charge is 0.323 e. The van der Waals surface area contributed by atoms with Gasteiger partial charge in [0.25, 0.3) is 0 Å². The molecule has 2 N–H and O–H groups in total. The van der Waals surface area contributed by atoms with Crippen LogP contribution in [0.25, 0.3) is 0 Å². The minimum Gasteiger partial charge on any atom is -0.338 e. The second-order valence-corrected chi connectivity index (χ2v) is 12.5. The van der Waals surface area contributed by atoms with Gasteiger partial charge in [-0.2, -0.15) is 0 Å². The topological polar surface area (TPSA) is 81.8 Å². The Hall–Kier alpha value is -3.69. The fraction of sp³-hybridized carbons (Fsp3) is 0.242. The summed E-state index contributed by atoms with van der Waals surface area (Å²) in [5.41, 5.74) is 2.07. The Balaban J connectivity index is 1.56. The van der Waals surface area contributed by atoms with Crippen molar-refractivity contribution in [1.29, 1.82) is 0 Å². The van der Waals surface area contributed by atoms with Crippen LogP contribution in [-0.2, 0) is 4.79 Å². The Morgan fingerprint density at radius 3 is 2.02 bits per heavy atom. The fourth-order valence-electron chi connectivity index (χ4n) is 6.21. The second-order valence-electron chi connectivity index (χ2n) is 10.7. The maximum atomic E-state index is 14.6. The van der Waals surface area contributed by atoms with Gasteiger partial charge in [-0.3, -0.25) is 9.59 Å². The van der Waals surface area contributed by atoms with Crippen molar-refractivity contribution in [2.75, 3.05) is 31.5 Å². The number of benzene rings is 3. The SMILES string of the molecule is O=C(c1cccs1)C1C(c2ccc(Cl)cc2)C(C(=O)N2CCNCC2)N(C(=O)Nc2ccccc2)C1c1ccc(Cl)cc1. The zero-order valence-corrected chi connectivity index (χ0v) is 25.5. The Morgan fingerprint density at radius 2 is 1.42 bits per heavy atom. The largest absolute Gasteiger partial charge is 0.338 e. The van der Waals surface area contributed by atoms with E-state index in [1.165, 1.54) is 11.3 Å². The summed E-state index contributed by atoms with van der Waals surface area (Å²) >= 11 is 13.9. The summed E-state index contributed by atoms with van der Waals surface area (Å²) in [6.07, 6.45) is 0. The number of halogens is 2. The van der Waals surface area contributed by atoms with Gasteiger partial charge in [0.2, 0.25) is 5.91 Å². The number of carbonyl (C=O) groups excluding carboxylic acids is 3. The molecule has 4 atom stereocenters. The second kappa shape index (κ2) is 12.9. The van der Waals surface area contributed by atoms with E-state index in [1.807, 2.05) is 53.9 Å². The van der Waals surface area contributed by atoms with Gasteiger partial charge in [-0.05, 0) is 59.0 Å². The van der Waals surface area contributed by atoms with Crippen molar-refractivity contribution in [1.82, 2.24) is 15.1 Å². The first-order chi connectivity index (χ1) is 20.9. The molecule has 3 amide bonds. The van der Waals surface area contributed by atoms with Crippen molar-refractivity contribution in [2.45, 2.75) is 18.0 Å². The van der Waals surface area contributed by atoms with Crippen LogP contribution < -0.4 is 10.6 Å². The van der Waals surface area contributed by atoms with Crippen LogP contribution in [0.4, 0.5) is 10.5 Å². The molecule has 3 heterocycles. The first kappa shape index (κ1) is 29.4. The molecule has 7 nitrogen and oxygen atoms in total. The van der Waals surface area contributed by atoms with Crippen molar-refractivity contribution in [3.63, 3.8) is 0 Å². The molecular weight excluding hydrogens is 603 g/mol. The number of thiophene rings is 1. The highest BCUT2D eigenvalue weighted by Gasteiger charge is 2.58. The number of hydrogen-bond donors (Lipinski definition) is 2. The van der Waals surface area contributed by atoms with E-state index < -0.39 is 30.0 Å². The zero-order valence-electron chi connectivity index (χ0n) is 23.2. The standard InChI is InChI=1S/C33H30Cl2N4O3S/c34-23-12-8-21(9-13-23)27-28(31(40)26-7-4-20-43-26)29(22-10-14-24(35)15-11-22)39(33(42)37-25-5-2-1-3-6-25)30(27)32(41)38-18-16-36-17-19-38/h1-15,20,27-30,36H,16-19H2,(H,37,42). The number of Topliss-reactive ketones (excluding diaryl/α,β-unsaturated/α-hetero) is 1. The Morgan fingerprint density at radius 1 is 0.791 bits per heavy atom. The van der Waals surface area contributed by atoms with Crippen LogP contribution in [0.15, 0.2) is 96.4 Å². The minimum absolute atomic E-state index is 0.122. The molecule has 1 aromatic heterocycles. The monoisotopic (exact) mass is 632 g/mol. The van der Waals surface area contributed by atoms with Gasteiger partial charge in [-0.15, -0.1) is 11.3 Å². The van der Waals surface area contributed by atoms with Gasteiger partial charge in [-0.1, -0.05) is 71.7 Å². The number of rotatable bonds is 6. The lowest BCUT2D eigenvalue weighted by Gasteiger charge is -2.36. The average Bonchev–Trinajstić information content (AvgIpc) is 3.70. The van der Waals surface area contributed by atoms with Gasteiger partial charge in [0.05, 0.1) is 16.8 Å². The molecule has 2 saturated heterocycles. The third-order valence-electron chi connectivity index (χ3n) is 8.14. The van der Waals surface area contributed by atoms with Crippen molar-refractivity contribution in [3.8, 4) is 0 Å². The quantitative estimate of drug-likeness (QED) is 0.231. The molecule has 0 saturated carbocycles. The number of urea groups is 1. The lowest BCUT2D eigenvalue weighted by atomic mass is 9.77. The first-order valence-electron chi connectivity index (χ1n) is 14.1. The summed E-state index contributed by atoms with van der Waals surface area (Å²) in [5, 5.41) is 9.24. The van der Waals surface area contributed by atoms with Crippen LogP contribution in [0.2, 0.25) is 10.0 Å². The Kier molecular flexibility index (Phi) is 8.81. The Bertz CT molecular complexity index is 1580. The maximum absolute atomic E-state index is 14.6. The molecule has 2 aliphatic rings. The Labute approximate surface area is 264 Å². The first-order valence-corrected chi connectivity index (χ1v) is 15.8. The molecule has 0 bridgehead atoms. The highest BCUT2D eigenvalue weighted by Crippen LogP contribution is 2.52. The lowest BCUT2D eigenvalue weighted by molar-refractivity contribution is -0.136. The number of piperazine rings is 1. The molecule has 10 heteroatoms. The third kappa shape index (κ3) is 6.06. The van der Waals surface area contributed by atoms with Gasteiger partial charge in [0, 0.05) is 47.8 Å². The van der Waals surface area contributed by atoms with E-state index in [-0.39, 0.29) is 11.7 Å². The number of hydrogen-bond acceptors (Lipinski definition) is 5. The third-order valence-corrected chi connectivity index (χ3v) is 9.53. The number of amides is 3. The number of anilines is 1. The molecule has 43 heavy (non-hydrogen) atoms. The van der Waals surface area contributed by atoms with Crippen LogP contribution >= 0.6 is 34.5 Å². The molecule has 3 aromatic carbocycles. The zero-order chi connectivity index (χ0) is 29.9. The molecule has 4 unspecified atom stereocenters. The maximum Gasteiger partial charge on any atom is 0.323 e.